The van der Waals surface area contributed by atoms with Crippen LogP contribution in [0.15, 0.2) is 64.9 Å². The van der Waals surface area contributed by atoms with E-state index in [0.29, 0.717) is 23.0 Å². The van der Waals surface area contributed by atoms with Crippen molar-refractivity contribution in [3.63, 3.8) is 0 Å². The van der Waals surface area contributed by atoms with Crippen LogP contribution < -0.4 is 10.9 Å². The van der Waals surface area contributed by atoms with Gasteiger partial charge in [0.15, 0.2) is 0 Å². The van der Waals surface area contributed by atoms with Gasteiger partial charge in [-0.2, -0.15) is 5.10 Å². The van der Waals surface area contributed by atoms with E-state index in [1.165, 1.54) is 28.3 Å². The van der Waals surface area contributed by atoms with E-state index >= 15 is 0 Å². The molecule has 7 nitrogen and oxygen atoms in total. The Balaban J connectivity index is 1.48. The standard InChI is InChI=1S/C31H26FN5O2S3/c1-18-5-10-23(41-18)11-8-19-3-2-4-22(13-19)29-24(14-21-9-12-28(42(34)39)25(32)15-21)27(16-20-6-7-20)37(36-29)31-35-26(17-40-31)30(33)38/h2-5,9-10,12-13,15,17,20H,6-7,14,16,34H2,1H3,(H2,33,38). The largest absolute Gasteiger partial charge is 0.364 e. The molecule has 1 amide bonds. The number of rotatable bonds is 8. The fraction of sp³-hybridized carbons (Fsp3) is 0.194. The molecule has 1 unspecified atom stereocenters. The Kier molecular flexibility index (Phi) is 7.88. The third-order valence-corrected chi connectivity index (χ3v) is 9.49. The Labute approximate surface area is 253 Å². The Morgan fingerprint density at radius 1 is 1.17 bits per heavy atom. The van der Waals surface area contributed by atoms with Gasteiger partial charge in [0.1, 0.15) is 22.5 Å². The van der Waals surface area contributed by atoms with Crippen LogP contribution in [0, 0.1) is 30.5 Å². The van der Waals surface area contributed by atoms with Crippen molar-refractivity contribution >= 4 is 39.6 Å². The van der Waals surface area contributed by atoms with E-state index in [1.54, 1.807) is 27.5 Å². The number of thiazole rings is 1. The van der Waals surface area contributed by atoms with Crippen LogP contribution in [0.5, 0.6) is 0 Å². The number of benzene rings is 2. The minimum absolute atomic E-state index is 0.0400. The summed E-state index contributed by atoms with van der Waals surface area (Å²) >= 11 is 2.94. The Morgan fingerprint density at radius 3 is 2.67 bits per heavy atom. The number of aromatic nitrogens is 3. The first kappa shape index (κ1) is 28.2. The average molecular weight is 616 g/mol. The van der Waals surface area contributed by atoms with Crippen molar-refractivity contribution < 1.29 is 13.4 Å². The van der Waals surface area contributed by atoms with E-state index in [2.05, 4.69) is 23.7 Å². The second-order valence-corrected chi connectivity index (χ2v) is 13.4. The summed E-state index contributed by atoms with van der Waals surface area (Å²) in [5, 5.41) is 12.6. The molecule has 11 heteroatoms. The summed E-state index contributed by atoms with van der Waals surface area (Å²) in [7, 11) is -1.92. The first-order valence-corrected chi connectivity index (χ1v) is 16.2. The highest BCUT2D eigenvalue weighted by molar-refractivity contribution is 7.82. The monoisotopic (exact) mass is 615 g/mol. The van der Waals surface area contributed by atoms with E-state index in [9.17, 15) is 13.4 Å². The summed E-state index contributed by atoms with van der Waals surface area (Å²) in [5.41, 5.74) is 10.7. The molecule has 0 radical (unpaired) electrons. The number of nitrogens with two attached hydrogens (primary N) is 2. The van der Waals surface area contributed by atoms with Crippen LogP contribution >= 0.6 is 22.7 Å². The summed E-state index contributed by atoms with van der Waals surface area (Å²) in [6.45, 7) is 2.05. The number of halogens is 1. The lowest BCUT2D eigenvalue weighted by Gasteiger charge is -2.10. The first-order chi connectivity index (χ1) is 20.2. The molecule has 0 saturated heterocycles. The van der Waals surface area contributed by atoms with Crippen LogP contribution in [0.4, 0.5) is 4.39 Å². The van der Waals surface area contributed by atoms with Gasteiger partial charge < -0.3 is 5.73 Å². The van der Waals surface area contributed by atoms with Crippen LogP contribution in [0.1, 0.15) is 55.5 Å². The van der Waals surface area contributed by atoms with E-state index < -0.39 is 22.7 Å². The van der Waals surface area contributed by atoms with Crippen LogP contribution in [0.25, 0.3) is 16.4 Å². The summed E-state index contributed by atoms with van der Waals surface area (Å²) in [4.78, 5) is 18.4. The molecule has 5 aromatic rings. The van der Waals surface area contributed by atoms with Crippen LogP contribution in [0.3, 0.4) is 0 Å². The van der Waals surface area contributed by atoms with Gasteiger partial charge in [-0.15, -0.1) is 22.7 Å². The lowest BCUT2D eigenvalue weighted by molar-refractivity contribution is 0.0996. The summed E-state index contributed by atoms with van der Waals surface area (Å²) in [6, 6.07) is 16.5. The summed E-state index contributed by atoms with van der Waals surface area (Å²) in [6.07, 6.45) is 3.37. The number of amides is 1. The molecule has 4 N–H and O–H groups in total. The van der Waals surface area contributed by atoms with Crippen LogP contribution in [-0.4, -0.2) is 24.9 Å². The smallest absolute Gasteiger partial charge is 0.268 e. The van der Waals surface area contributed by atoms with Gasteiger partial charge in [-0.25, -0.2) is 23.4 Å². The predicted molar refractivity (Wildman–Crippen MR) is 164 cm³/mol. The Hall–Kier alpha value is -3.95. The summed E-state index contributed by atoms with van der Waals surface area (Å²) < 4.78 is 28.3. The maximum Gasteiger partial charge on any atom is 0.268 e. The fourth-order valence-corrected chi connectivity index (χ4v) is 6.70. The molecule has 1 fully saturated rings. The van der Waals surface area contributed by atoms with Crippen molar-refractivity contribution in [2.45, 2.75) is 37.5 Å². The molecular formula is C31H26FN5O2S3. The summed E-state index contributed by atoms with van der Waals surface area (Å²) in [5.74, 6) is 5.79. The van der Waals surface area contributed by atoms with Gasteiger partial charge in [-0.1, -0.05) is 30.0 Å². The highest BCUT2D eigenvalue weighted by atomic mass is 32.2. The van der Waals surface area contributed by atoms with E-state index in [4.69, 9.17) is 16.0 Å². The number of thiophene rings is 1. The lowest BCUT2D eigenvalue weighted by atomic mass is 9.96. The predicted octanol–water partition coefficient (Wildman–Crippen LogP) is 5.53. The van der Waals surface area contributed by atoms with Crippen molar-refractivity contribution in [3.8, 4) is 28.2 Å². The Morgan fingerprint density at radius 2 is 2.00 bits per heavy atom. The zero-order valence-corrected chi connectivity index (χ0v) is 25.0. The van der Waals surface area contributed by atoms with Gasteiger partial charge in [0.05, 0.1) is 21.2 Å². The van der Waals surface area contributed by atoms with Gasteiger partial charge >= 0.3 is 0 Å². The highest BCUT2D eigenvalue weighted by Gasteiger charge is 2.29. The number of primary amides is 1. The molecule has 0 spiro atoms. The second-order valence-electron chi connectivity index (χ2n) is 10.2. The number of hydrogen-bond donors (Lipinski definition) is 2. The third kappa shape index (κ3) is 6.12. The molecule has 42 heavy (non-hydrogen) atoms. The van der Waals surface area contributed by atoms with Crippen molar-refractivity contribution in [2.75, 3.05) is 0 Å². The molecule has 3 heterocycles. The number of carbonyl (C=O) groups excluding carboxylic acids is 1. The van der Waals surface area contributed by atoms with Gasteiger partial charge in [0.2, 0.25) is 5.13 Å². The van der Waals surface area contributed by atoms with Gasteiger partial charge in [-0.3, -0.25) is 4.79 Å². The number of aryl methyl sites for hydroxylation is 1. The van der Waals surface area contributed by atoms with Gasteiger partial charge in [0, 0.05) is 33.4 Å². The van der Waals surface area contributed by atoms with E-state index in [-0.39, 0.29) is 10.6 Å². The molecule has 6 rings (SSSR count). The zero-order valence-electron chi connectivity index (χ0n) is 22.6. The minimum Gasteiger partial charge on any atom is -0.364 e. The second kappa shape index (κ2) is 11.7. The highest BCUT2D eigenvalue weighted by Crippen LogP contribution is 2.38. The van der Waals surface area contributed by atoms with Crippen molar-refractivity contribution in [2.24, 2.45) is 16.8 Å². The molecule has 0 aliphatic heterocycles. The normalized spacial score (nSPS) is 13.5. The number of hydrogen-bond acceptors (Lipinski definition) is 6. The van der Waals surface area contributed by atoms with E-state index in [0.717, 1.165) is 52.2 Å². The molecular weight excluding hydrogens is 590 g/mol. The molecule has 212 valence electrons. The van der Waals surface area contributed by atoms with Crippen LogP contribution in [-0.2, 0) is 23.8 Å². The topological polar surface area (TPSA) is 117 Å². The molecule has 2 aromatic carbocycles. The lowest BCUT2D eigenvalue weighted by Crippen LogP contribution is -2.12. The minimum atomic E-state index is -1.92. The third-order valence-electron chi connectivity index (χ3n) is 6.99. The van der Waals surface area contributed by atoms with Crippen molar-refractivity contribution in [1.29, 1.82) is 0 Å². The molecule has 1 saturated carbocycles. The molecule has 0 bridgehead atoms. The van der Waals surface area contributed by atoms with Crippen molar-refractivity contribution in [1.82, 2.24) is 14.8 Å². The van der Waals surface area contributed by atoms with Crippen molar-refractivity contribution in [3.05, 3.63) is 104 Å². The quantitative estimate of drug-likeness (QED) is 0.223. The van der Waals surface area contributed by atoms with E-state index in [1.807, 2.05) is 36.4 Å². The van der Waals surface area contributed by atoms with Gasteiger partial charge in [0.25, 0.3) is 5.91 Å². The molecule has 1 atom stereocenters. The average Bonchev–Trinajstić information content (AvgIpc) is 3.31. The molecule has 1 aliphatic carbocycles. The maximum absolute atomic E-state index is 14.8. The Bertz CT molecular complexity index is 1910. The first-order valence-electron chi connectivity index (χ1n) is 13.2. The molecule has 3 aromatic heterocycles. The number of carbonyl (C=O) groups is 1. The fourth-order valence-electron chi connectivity index (χ4n) is 4.74. The maximum atomic E-state index is 14.8. The molecule has 1 aliphatic rings. The zero-order chi connectivity index (χ0) is 29.4. The van der Waals surface area contributed by atoms with Gasteiger partial charge in [-0.05, 0) is 74.1 Å². The van der Waals surface area contributed by atoms with Crippen LogP contribution in [0.2, 0.25) is 0 Å². The number of nitrogens with zero attached hydrogens (tertiary/aromatic N) is 3. The SMILES string of the molecule is Cc1ccc(C#Cc2cccc(-c3nn(-c4nc(C(N)=O)cs4)c(CC4CC4)c3Cc3ccc(S(N)=O)c(F)c3)c2)s1.